The van der Waals surface area contributed by atoms with Crippen LogP contribution in [0.2, 0.25) is 0 Å². The van der Waals surface area contributed by atoms with E-state index in [1.807, 2.05) is 0 Å². The lowest BCUT2D eigenvalue weighted by molar-refractivity contribution is -0.120. The number of hydrogen-bond donors (Lipinski definition) is 4. The van der Waals surface area contributed by atoms with E-state index >= 15 is 0 Å². The molecule has 1 aliphatic rings. The molecule has 0 aliphatic carbocycles. The van der Waals surface area contributed by atoms with Gasteiger partial charge in [-0.05, 0) is 25.1 Å². The summed E-state index contributed by atoms with van der Waals surface area (Å²) in [5, 5.41) is 5.75. The maximum atomic E-state index is 11.2. The predicted molar refractivity (Wildman–Crippen MR) is 57.6 cm³/mol. The topological polar surface area (TPSA) is 106 Å². The fraction of sp³-hybridized carbons (Fsp3) is 0.571. The molecule has 1 fully saturated rings. The van der Waals surface area contributed by atoms with Gasteiger partial charge in [-0.1, -0.05) is 0 Å². The molecule has 1 heterocycles. The Hall–Kier alpha value is -1.37. The van der Waals surface area contributed by atoms with Gasteiger partial charge in [-0.15, -0.1) is 0 Å². The van der Waals surface area contributed by atoms with Gasteiger partial charge < -0.3 is 22.1 Å². The first-order valence-electron chi connectivity index (χ1n) is 4.26. The van der Waals surface area contributed by atoms with Crippen molar-refractivity contribution in [3.05, 3.63) is 0 Å². The minimum Gasteiger partial charge on any atom is -0.370 e. The van der Waals surface area contributed by atoms with Crippen molar-refractivity contribution in [1.82, 2.24) is 10.6 Å². The van der Waals surface area contributed by atoms with Crippen LogP contribution in [-0.4, -0.2) is 29.6 Å². The lowest BCUT2D eigenvalue weighted by atomic mass is 10.1. The van der Waals surface area contributed by atoms with E-state index in [-0.39, 0.29) is 17.9 Å². The Morgan fingerprint density at radius 2 is 2.29 bits per heavy atom. The van der Waals surface area contributed by atoms with Crippen molar-refractivity contribution in [3.8, 4) is 0 Å². The molecule has 6 nitrogen and oxygen atoms in total. The van der Waals surface area contributed by atoms with Crippen LogP contribution in [0.3, 0.4) is 0 Å². The van der Waals surface area contributed by atoms with Gasteiger partial charge in [-0.3, -0.25) is 9.79 Å². The molecule has 7 heteroatoms. The van der Waals surface area contributed by atoms with Crippen molar-refractivity contribution in [2.45, 2.75) is 18.9 Å². The highest BCUT2D eigenvalue weighted by molar-refractivity contribution is 7.80. The van der Waals surface area contributed by atoms with E-state index in [1.54, 1.807) is 0 Å². The number of carbonyl (C=O) groups excluding carboxylic acids is 1. The molecule has 0 aromatic rings. The van der Waals surface area contributed by atoms with E-state index in [0.717, 1.165) is 6.42 Å². The van der Waals surface area contributed by atoms with Gasteiger partial charge in [0.25, 0.3) is 0 Å². The lowest BCUT2D eigenvalue weighted by Gasteiger charge is -2.05. The SMILES string of the molecule is NC(N)=NCCC[C@H]1NC(=S)NC1=O. The number of thiocarbonyl (C=S) groups is 1. The summed E-state index contributed by atoms with van der Waals surface area (Å²) >= 11 is 4.78. The van der Waals surface area contributed by atoms with Crippen LogP contribution in [0.25, 0.3) is 0 Å². The largest absolute Gasteiger partial charge is 0.370 e. The predicted octanol–water partition coefficient (Wildman–Crippen LogP) is -1.59. The third-order valence-electron chi connectivity index (χ3n) is 1.80. The summed E-state index contributed by atoms with van der Waals surface area (Å²) in [5.41, 5.74) is 10.3. The third-order valence-corrected chi connectivity index (χ3v) is 2.02. The molecule has 0 aromatic carbocycles. The molecule has 1 saturated heterocycles. The number of amides is 1. The first-order chi connectivity index (χ1) is 6.59. The molecule has 0 saturated carbocycles. The highest BCUT2D eigenvalue weighted by Crippen LogP contribution is 2.02. The summed E-state index contributed by atoms with van der Waals surface area (Å²) in [6.07, 6.45) is 1.41. The average molecular weight is 215 g/mol. The zero-order valence-electron chi connectivity index (χ0n) is 7.62. The molecule has 1 aliphatic heterocycles. The highest BCUT2D eigenvalue weighted by atomic mass is 32.1. The van der Waals surface area contributed by atoms with E-state index in [2.05, 4.69) is 15.6 Å². The minimum absolute atomic E-state index is 0.0735. The van der Waals surface area contributed by atoms with Gasteiger partial charge in [0, 0.05) is 6.54 Å². The van der Waals surface area contributed by atoms with Crippen LogP contribution in [0.4, 0.5) is 0 Å². The van der Waals surface area contributed by atoms with Crippen LogP contribution in [-0.2, 0) is 4.79 Å². The molecule has 0 bridgehead atoms. The summed E-state index contributed by atoms with van der Waals surface area (Å²) < 4.78 is 0. The lowest BCUT2D eigenvalue weighted by Crippen LogP contribution is -2.29. The maximum Gasteiger partial charge on any atom is 0.248 e. The van der Waals surface area contributed by atoms with Crippen molar-refractivity contribution in [3.63, 3.8) is 0 Å². The number of rotatable bonds is 4. The van der Waals surface area contributed by atoms with Crippen molar-refractivity contribution in [2.75, 3.05) is 6.54 Å². The molecule has 14 heavy (non-hydrogen) atoms. The molecule has 0 radical (unpaired) electrons. The molecule has 0 spiro atoms. The zero-order valence-corrected chi connectivity index (χ0v) is 8.43. The zero-order chi connectivity index (χ0) is 10.6. The summed E-state index contributed by atoms with van der Waals surface area (Å²) in [6, 6.07) is -0.239. The first-order valence-corrected chi connectivity index (χ1v) is 4.67. The molecular weight excluding hydrogens is 202 g/mol. The van der Waals surface area contributed by atoms with Gasteiger partial charge in [0.05, 0.1) is 0 Å². The number of nitrogens with one attached hydrogen (secondary N) is 2. The number of carbonyl (C=O) groups is 1. The second kappa shape index (κ2) is 4.75. The second-order valence-corrected chi connectivity index (χ2v) is 3.37. The molecule has 6 N–H and O–H groups in total. The van der Waals surface area contributed by atoms with Gasteiger partial charge >= 0.3 is 0 Å². The fourth-order valence-electron chi connectivity index (χ4n) is 1.17. The second-order valence-electron chi connectivity index (χ2n) is 2.96. The van der Waals surface area contributed by atoms with E-state index in [0.29, 0.717) is 18.1 Å². The molecule has 1 amide bonds. The van der Waals surface area contributed by atoms with Crippen LogP contribution >= 0.6 is 12.2 Å². The maximum absolute atomic E-state index is 11.2. The van der Waals surface area contributed by atoms with E-state index < -0.39 is 0 Å². The van der Waals surface area contributed by atoms with Crippen molar-refractivity contribution in [2.24, 2.45) is 16.5 Å². The van der Waals surface area contributed by atoms with E-state index in [4.69, 9.17) is 23.7 Å². The molecule has 0 aromatic heterocycles. The highest BCUT2D eigenvalue weighted by Gasteiger charge is 2.25. The first kappa shape index (κ1) is 10.7. The summed E-state index contributed by atoms with van der Waals surface area (Å²) in [5.74, 6) is -0.0101. The van der Waals surface area contributed by atoms with Crippen LogP contribution < -0.4 is 22.1 Å². The van der Waals surface area contributed by atoms with Gasteiger partial charge in [0.2, 0.25) is 5.91 Å². The summed E-state index contributed by atoms with van der Waals surface area (Å²) in [4.78, 5) is 15.0. The van der Waals surface area contributed by atoms with Gasteiger partial charge in [0.15, 0.2) is 11.1 Å². The quantitative estimate of drug-likeness (QED) is 0.196. The van der Waals surface area contributed by atoms with Crippen molar-refractivity contribution < 1.29 is 4.79 Å². The standard InChI is InChI=1S/C7H13N5OS/c8-6(9)10-3-1-2-4-5(13)12-7(14)11-4/h4H,1-3H2,(H4,8,9,10)(H2,11,12,13,14)/t4-/m1/s1. The fourth-order valence-corrected chi connectivity index (χ4v) is 1.41. The summed E-state index contributed by atoms with van der Waals surface area (Å²) in [7, 11) is 0. The number of aliphatic imine (C=N–C) groups is 1. The molecule has 0 unspecified atom stereocenters. The van der Waals surface area contributed by atoms with Crippen LogP contribution in [0.15, 0.2) is 4.99 Å². The Morgan fingerprint density at radius 3 is 2.79 bits per heavy atom. The summed E-state index contributed by atoms with van der Waals surface area (Å²) in [6.45, 7) is 0.528. The molecule has 78 valence electrons. The Bertz CT molecular complexity index is 273. The monoisotopic (exact) mass is 215 g/mol. The Kier molecular flexibility index (Phi) is 3.63. The normalized spacial score (nSPS) is 20.1. The number of nitrogens with two attached hydrogens (primary N) is 2. The van der Waals surface area contributed by atoms with Crippen LogP contribution in [0.5, 0.6) is 0 Å². The van der Waals surface area contributed by atoms with Crippen molar-refractivity contribution >= 4 is 29.2 Å². The Morgan fingerprint density at radius 1 is 1.57 bits per heavy atom. The molecule has 1 atom stereocenters. The number of guanidine groups is 1. The van der Waals surface area contributed by atoms with Gasteiger partial charge in [-0.2, -0.15) is 0 Å². The number of hydrogen-bond acceptors (Lipinski definition) is 3. The van der Waals surface area contributed by atoms with Crippen molar-refractivity contribution in [1.29, 1.82) is 0 Å². The third kappa shape index (κ3) is 3.17. The van der Waals surface area contributed by atoms with E-state index in [1.165, 1.54) is 0 Å². The molecule has 1 rings (SSSR count). The minimum atomic E-state index is -0.239. The average Bonchev–Trinajstić information content (AvgIpc) is 2.39. The number of nitrogens with zero attached hydrogens (tertiary/aromatic N) is 1. The van der Waals surface area contributed by atoms with E-state index in [9.17, 15) is 4.79 Å². The smallest absolute Gasteiger partial charge is 0.248 e. The van der Waals surface area contributed by atoms with Gasteiger partial charge in [-0.25, -0.2) is 0 Å². The Balaban J connectivity index is 2.22. The van der Waals surface area contributed by atoms with Crippen LogP contribution in [0, 0.1) is 0 Å². The van der Waals surface area contributed by atoms with Crippen LogP contribution in [0.1, 0.15) is 12.8 Å². The molecular formula is C7H13N5OS. The van der Waals surface area contributed by atoms with Gasteiger partial charge in [0.1, 0.15) is 6.04 Å². The Labute approximate surface area is 87.1 Å².